The molecule has 1 aliphatic heterocycles. The number of hydrogen-bond donors (Lipinski definition) is 2. The third-order valence-electron chi connectivity index (χ3n) is 4.13. The fourth-order valence-electron chi connectivity index (χ4n) is 2.95. The summed E-state index contributed by atoms with van der Waals surface area (Å²) >= 11 is 0. The lowest BCUT2D eigenvalue weighted by Gasteiger charge is -2.18. The zero-order chi connectivity index (χ0) is 17.1. The molecular weight excluding hydrogens is 300 g/mol. The van der Waals surface area contributed by atoms with Crippen LogP contribution in [0.5, 0.6) is 5.75 Å². The van der Waals surface area contributed by atoms with Crippen molar-refractivity contribution in [3.8, 4) is 5.75 Å². The lowest BCUT2D eigenvalue weighted by Crippen LogP contribution is -2.19. The van der Waals surface area contributed by atoms with E-state index >= 15 is 0 Å². The van der Waals surface area contributed by atoms with Crippen LogP contribution >= 0.6 is 0 Å². The highest BCUT2D eigenvalue weighted by atomic mass is 16.5. The topological polar surface area (TPSA) is 75.2 Å². The number of nitrogens with two attached hydrogens (primary N) is 1. The van der Waals surface area contributed by atoms with E-state index < -0.39 is 0 Å². The van der Waals surface area contributed by atoms with Gasteiger partial charge in [-0.05, 0) is 57.0 Å². The van der Waals surface area contributed by atoms with Crippen molar-refractivity contribution in [2.45, 2.75) is 32.8 Å². The Morgan fingerprint density at radius 2 is 1.96 bits per heavy atom. The average Bonchev–Trinajstić information content (AvgIpc) is 3.10. The number of pyridine rings is 1. The normalized spacial score (nSPS) is 14.2. The molecule has 2 heterocycles. The number of aromatic nitrogens is 1. The zero-order valence-corrected chi connectivity index (χ0v) is 14.2. The molecule has 1 aliphatic rings. The second-order valence-corrected chi connectivity index (χ2v) is 6.39. The molecule has 0 saturated carbocycles. The largest absolute Gasteiger partial charge is 0.491 e. The molecule has 0 aliphatic carbocycles. The van der Waals surface area contributed by atoms with Crippen LogP contribution in [0.3, 0.4) is 0 Å². The van der Waals surface area contributed by atoms with E-state index in [1.54, 1.807) is 12.3 Å². The third kappa shape index (κ3) is 3.50. The number of ether oxygens (including phenoxy) is 1. The van der Waals surface area contributed by atoms with Gasteiger partial charge in [0.2, 0.25) is 0 Å². The minimum Gasteiger partial charge on any atom is -0.491 e. The molecule has 1 aromatic carbocycles. The van der Waals surface area contributed by atoms with Crippen LogP contribution in [0.25, 0.3) is 0 Å². The summed E-state index contributed by atoms with van der Waals surface area (Å²) in [4.78, 5) is 6.71. The minimum absolute atomic E-state index is 0.0818. The highest BCUT2D eigenvalue weighted by Crippen LogP contribution is 2.25. The first-order chi connectivity index (χ1) is 11.5. The number of rotatable bonds is 5. The molecule has 0 radical (unpaired) electrons. The van der Waals surface area contributed by atoms with Crippen LogP contribution in [0.2, 0.25) is 0 Å². The molecule has 0 amide bonds. The molecule has 126 valence electrons. The van der Waals surface area contributed by atoms with Crippen molar-refractivity contribution in [3.63, 3.8) is 0 Å². The molecule has 3 N–H and O–H groups in total. The van der Waals surface area contributed by atoms with Crippen molar-refractivity contribution in [1.29, 1.82) is 5.41 Å². The maximum Gasteiger partial charge on any atom is 0.129 e. The molecular formula is C19H24N4O. The van der Waals surface area contributed by atoms with E-state index in [2.05, 4.69) is 9.88 Å². The quantitative estimate of drug-likeness (QED) is 0.652. The molecule has 3 rings (SSSR count). The van der Waals surface area contributed by atoms with Crippen LogP contribution < -0.4 is 15.4 Å². The lowest BCUT2D eigenvalue weighted by atomic mass is 10.0. The van der Waals surface area contributed by atoms with Crippen LogP contribution in [0, 0.1) is 5.41 Å². The summed E-state index contributed by atoms with van der Waals surface area (Å²) in [6.45, 7) is 6.02. The van der Waals surface area contributed by atoms with Crippen LogP contribution in [-0.4, -0.2) is 29.9 Å². The summed E-state index contributed by atoms with van der Waals surface area (Å²) in [6.07, 6.45) is 4.25. The first-order valence-corrected chi connectivity index (χ1v) is 8.41. The second-order valence-electron chi connectivity index (χ2n) is 6.39. The molecule has 1 fully saturated rings. The Morgan fingerprint density at radius 1 is 1.21 bits per heavy atom. The van der Waals surface area contributed by atoms with E-state index in [-0.39, 0.29) is 6.10 Å². The first-order valence-electron chi connectivity index (χ1n) is 8.41. The Hall–Kier alpha value is -2.56. The van der Waals surface area contributed by atoms with Crippen LogP contribution in [0.15, 0.2) is 36.5 Å². The van der Waals surface area contributed by atoms with E-state index in [4.69, 9.17) is 15.9 Å². The van der Waals surface area contributed by atoms with Crippen molar-refractivity contribution in [2.75, 3.05) is 23.7 Å². The number of nitrogens with zero attached hydrogens (tertiary/aromatic N) is 2. The Bertz CT molecular complexity index is 736. The first kappa shape index (κ1) is 16.3. The van der Waals surface area contributed by atoms with E-state index in [1.165, 1.54) is 12.8 Å². The van der Waals surface area contributed by atoms with Crippen molar-refractivity contribution in [2.24, 2.45) is 0 Å². The minimum atomic E-state index is 0.0818. The molecule has 2 aromatic rings. The molecule has 0 bridgehead atoms. The van der Waals surface area contributed by atoms with Crippen molar-refractivity contribution >= 4 is 17.2 Å². The van der Waals surface area contributed by atoms with Gasteiger partial charge in [-0.1, -0.05) is 0 Å². The zero-order valence-electron chi connectivity index (χ0n) is 14.2. The predicted octanol–water partition coefficient (Wildman–Crippen LogP) is 3.47. The average molecular weight is 324 g/mol. The summed E-state index contributed by atoms with van der Waals surface area (Å²) in [6, 6.07) is 9.31. The SMILES string of the molecule is CC(C)Oc1ccc(N)c(C(=N)c2ccnc(N3CCCC3)c2)c1. The van der Waals surface area contributed by atoms with Crippen molar-refractivity contribution < 1.29 is 4.74 Å². The smallest absolute Gasteiger partial charge is 0.129 e. The molecule has 1 aromatic heterocycles. The van der Waals surface area contributed by atoms with E-state index in [9.17, 15) is 0 Å². The molecule has 0 unspecified atom stereocenters. The summed E-state index contributed by atoms with van der Waals surface area (Å²) in [5.74, 6) is 1.66. The van der Waals surface area contributed by atoms with Gasteiger partial charge in [0, 0.05) is 36.1 Å². The molecule has 0 atom stereocenters. The molecule has 1 saturated heterocycles. The Balaban J connectivity index is 1.89. The molecule has 5 nitrogen and oxygen atoms in total. The maximum absolute atomic E-state index is 8.58. The standard InChI is InChI=1S/C19H24N4O/c1-13(2)24-15-5-6-17(20)16(12-15)19(21)14-7-8-22-18(11-14)23-9-3-4-10-23/h5-8,11-13,21H,3-4,9-10,20H2,1-2H3. The number of hydrogen-bond acceptors (Lipinski definition) is 5. The number of anilines is 2. The fourth-order valence-corrected chi connectivity index (χ4v) is 2.95. The van der Waals surface area contributed by atoms with Gasteiger partial charge in [-0.2, -0.15) is 0 Å². The number of benzene rings is 1. The Labute approximate surface area is 143 Å². The van der Waals surface area contributed by atoms with Gasteiger partial charge >= 0.3 is 0 Å². The van der Waals surface area contributed by atoms with Crippen LogP contribution in [0.1, 0.15) is 37.8 Å². The molecule has 5 heteroatoms. The van der Waals surface area contributed by atoms with Gasteiger partial charge in [-0.3, -0.25) is 5.41 Å². The van der Waals surface area contributed by atoms with Crippen LogP contribution in [-0.2, 0) is 0 Å². The van der Waals surface area contributed by atoms with E-state index in [0.717, 1.165) is 30.2 Å². The van der Waals surface area contributed by atoms with Crippen molar-refractivity contribution in [1.82, 2.24) is 4.98 Å². The Morgan fingerprint density at radius 3 is 2.67 bits per heavy atom. The third-order valence-corrected chi connectivity index (χ3v) is 4.13. The summed E-state index contributed by atoms with van der Waals surface area (Å²) < 4.78 is 5.73. The van der Waals surface area contributed by atoms with E-state index in [1.807, 2.05) is 38.1 Å². The Kier molecular flexibility index (Phi) is 4.69. The van der Waals surface area contributed by atoms with Gasteiger partial charge in [0.05, 0.1) is 11.8 Å². The highest BCUT2D eigenvalue weighted by Gasteiger charge is 2.16. The highest BCUT2D eigenvalue weighted by molar-refractivity contribution is 6.14. The van der Waals surface area contributed by atoms with Crippen molar-refractivity contribution in [3.05, 3.63) is 47.7 Å². The second kappa shape index (κ2) is 6.91. The van der Waals surface area contributed by atoms with Gasteiger partial charge in [0.1, 0.15) is 11.6 Å². The van der Waals surface area contributed by atoms with Crippen LogP contribution in [0.4, 0.5) is 11.5 Å². The lowest BCUT2D eigenvalue weighted by molar-refractivity contribution is 0.242. The molecule has 24 heavy (non-hydrogen) atoms. The van der Waals surface area contributed by atoms with E-state index in [0.29, 0.717) is 17.0 Å². The summed E-state index contributed by atoms with van der Waals surface area (Å²) in [5, 5.41) is 8.58. The summed E-state index contributed by atoms with van der Waals surface area (Å²) in [5.41, 5.74) is 8.58. The number of nitrogens with one attached hydrogen (secondary N) is 1. The fraction of sp³-hybridized carbons (Fsp3) is 0.368. The number of nitrogen functional groups attached to an aromatic ring is 1. The predicted molar refractivity (Wildman–Crippen MR) is 98.2 cm³/mol. The van der Waals surface area contributed by atoms with Gasteiger partial charge in [-0.25, -0.2) is 4.98 Å². The monoisotopic (exact) mass is 324 g/mol. The van der Waals surface area contributed by atoms with Gasteiger partial charge in [0.25, 0.3) is 0 Å². The molecule has 0 spiro atoms. The maximum atomic E-state index is 8.58. The van der Waals surface area contributed by atoms with Gasteiger partial charge < -0.3 is 15.4 Å². The van der Waals surface area contributed by atoms with Gasteiger partial charge in [0.15, 0.2) is 0 Å². The van der Waals surface area contributed by atoms with Gasteiger partial charge in [-0.15, -0.1) is 0 Å². The summed E-state index contributed by atoms with van der Waals surface area (Å²) in [7, 11) is 0.